The summed E-state index contributed by atoms with van der Waals surface area (Å²) in [7, 11) is 0. The van der Waals surface area contributed by atoms with Crippen molar-refractivity contribution in [1.29, 1.82) is 0 Å². The molecule has 0 aliphatic rings. The summed E-state index contributed by atoms with van der Waals surface area (Å²) in [5.41, 5.74) is 6.56. The van der Waals surface area contributed by atoms with E-state index < -0.39 is 0 Å². The molecule has 0 spiro atoms. The lowest BCUT2D eigenvalue weighted by molar-refractivity contribution is 0.583. The number of thiophene rings is 1. The Balaban J connectivity index is 2.61. The molecule has 72 valence electrons. The van der Waals surface area contributed by atoms with Gasteiger partial charge in [-0.05, 0) is 32.2 Å². The van der Waals surface area contributed by atoms with E-state index in [1.807, 2.05) is 37.6 Å². The summed E-state index contributed by atoms with van der Waals surface area (Å²) in [4.78, 5) is 4.27. The first-order chi connectivity index (χ1) is 5.97. The lowest BCUT2D eigenvalue weighted by atomic mass is 10.1. The maximum Gasteiger partial charge on any atom is 0.193 e. The molecular weight excluding hydrogens is 182 g/mol. The lowest BCUT2D eigenvalue weighted by Crippen LogP contribution is -2.27. The molecule has 0 aromatic carbocycles. The molecular formula is C9H15N3S. The van der Waals surface area contributed by atoms with Crippen molar-refractivity contribution in [2.45, 2.75) is 26.3 Å². The van der Waals surface area contributed by atoms with E-state index in [2.05, 4.69) is 10.3 Å². The van der Waals surface area contributed by atoms with Gasteiger partial charge in [-0.25, -0.2) is 4.99 Å². The number of nitrogens with zero attached hydrogens (tertiary/aromatic N) is 1. The van der Waals surface area contributed by atoms with Crippen LogP contribution in [-0.4, -0.2) is 11.5 Å². The molecule has 0 saturated heterocycles. The molecule has 3 nitrogen and oxygen atoms in total. The first-order valence-electron chi connectivity index (χ1n) is 4.12. The van der Waals surface area contributed by atoms with Gasteiger partial charge in [0.1, 0.15) is 0 Å². The monoisotopic (exact) mass is 197 g/mol. The minimum Gasteiger partial charge on any atom is -0.370 e. The summed E-state index contributed by atoms with van der Waals surface area (Å²) in [6, 6.07) is 1.97. The molecule has 0 atom stereocenters. The van der Waals surface area contributed by atoms with Crippen LogP contribution in [-0.2, 0) is 0 Å². The van der Waals surface area contributed by atoms with Gasteiger partial charge in [-0.2, -0.15) is 11.3 Å². The summed E-state index contributed by atoms with van der Waals surface area (Å²) < 4.78 is 0. The molecule has 1 heterocycles. The Labute approximate surface area is 82.7 Å². The van der Waals surface area contributed by atoms with Crippen molar-refractivity contribution in [2.24, 2.45) is 10.7 Å². The van der Waals surface area contributed by atoms with Crippen LogP contribution in [0.2, 0.25) is 0 Å². The number of hydrogen-bond donors (Lipinski definition) is 2. The molecule has 0 aliphatic carbocycles. The molecule has 0 radical (unpaired) electrons. The van der Waals surface area contributed by atoms with Gasteiger partial charge < -0.3 is 11.1 Å². The van der Waals surface area contributed by atoms with Crippen LogP contribution in [0, 0.1) is 0 Å². The van der Waals surface area contributed by atoms with Gasteiger partial charge in [0, 0.05) is 5.38 Å². The Morgan fingerprint density at radius 3 is 2.69 bits per heavy atom. The third-order valence-corrected chi connectivity index (χ3v) is 1.93. The van der Waals surface area contributed by atoms with Crippen LogP contribution < -0.4 is 11.1 Å². The molecule has 0 unspecified atom stereocenters. The Morgan fingerprint density at radius 2 is 2.23 bits per heavy atom. The van der Waals surface area contributed by atoms with E-state index in [0.717, 1.165) is 5.69 Å². The molecule has 0 aliphatic heterocycles. The second-order valence-electron chi connectivity index (χ2n) is 3.80. The number of nitrogens with two attached hydrogens (primary N) is 1. The van der Waals surface area contributed by atoms with E-state index in [1.165, 1.54) is 0 Å². The zero-order chi connectivity index (χ0) is 9.90. The van der Waals surface area contributed by atoms with Crippen LogP contribution in [0.5, 0.6) is 0 Å². The van der Waals surface area contributed by atoms with E-state index in [1.54, 1.807) is 11.3 Å². The highest BCUT2D eigenvalue weighted by atomic mass is 32.1. The summed E-state index contributed by atoms with van der Waals surface area (Å²) in [5, 5.41) is 7.00. The van der Waals surface area contributed by atoms with Crippen LogP contribution in [0.3, 0.4) is 0 Å². The first-order valence-corrected chi connectivity index (χ1v) is 5.06. The van der Waals surface area contributed by atoms with Crippen LogP contribution in [0.4, 0.5) is 5.69 Å². The lowest BCUT2D eigenvalue weighted by Gasteiger charge is -2.13. The third-order valence-electron chi connectivity index (χ3n) is 1.25. The van der Waals surface area contributed by atoms with E-state index in [0.29, 0.717) is 5.96 Å². The Morgan fingerprint density at radius 1 is 1.54 bits per heavy atom. The molecule has 0 bridgehead atoms. The second kappa shape index (κ2) is 3.79. The van der Waals surface area contributed by atoms with Gasteiger partial charge >= 0.3 is 0 Å². The fourth-order valence-corrected chi connectivity index (χ4v) is 1.46. The second-order valence-corrected chi connectivity index (χ2v) is 4.58. The molecule has 13 heavy (non-hydrogen) atoms. The predicted octanol–water partition coefficient (Wildman–Crippen LogP) is 2.27. The number of anilines is 1. The number of nitrogens with one attached hydrogen (secondary N) is 1. The van der Waals surface area contributed by atoms with E-state index in [9.17, 15) is 0 Å². The summed E-state index contributed by atoms with van der Waals surface area (Å²) in [6.07, 6.45) is 0. The van der Waals surface area contributed by atoms with Gasteiger partial charge in [0.25, 0.3) is 0 Å². The van der Waals surface area contributed by atoms with Crippen molar-refractivity contribution in [2.75, 3.05) is 5.32 Å². The van der Waals surface area contributed by atoms with Gasteiger partial charge in [0.2, 0.25) is 0 Å². The molecule has 0 saturated carbocycles. The molecule has 1 aromatic heterocycles. The normalized spacial score (nSPS) is 13.0. The smallest absolute Gasteiger partial charge is 0.193 e. The Hall–Kier alpha value is -1.03. The molecule has 0 fully saturated rings. The third kappa shape index (κ3) is 3.94. The summed E-state index contributed by atoms with van der Waals surface area (Å²) in [6.45, 7) is 6.03. The fourth-order valence-electron chi connectivity index (χ4n) is 0.873. The topological polar surface area (TPSA) is 50.4 Å². The maximum absolute atomic E-state index is 5.69. The summed E-state index contributed by atoms with van der Waals surface area (Å²) in [5.74, 6) is 0.464. The van der Waals surface area contributed by atoms with Crippen molar-refractivity contribution < 1.29 is 0 Å². The van der Waals surface area contributed by atoms with Gasteiger partial charge in [-0.1, -0.05) is 0 Å². The van der Waals surface area contributed by atoms with E-state index in [-0.39, 0.29) is 5.54 Å². The van der Waals surface area contributed by atoms with Crippen molar-refractivity contribution in [3.8, 4) is 0 Å². The van der Waals surface area contributed by atoms with Gasteiger partial charge in [0.05, 0.1) is 11.2 Å². The Kier molecular flexibility index (Phi) is 2.93. The predicted molar refractivity (Wildman–Crippen MR) is 59.3 cm³/mol. The van der Waals surface area contributed by atoms with Gasteiger partial charge in [-0.3, -0.25) is 0 Å². The highest BCUT2D eigenvalue weighted by Gasteiger charge is 2.07. The standard InChI is InChI=1S/C9H15N3S/c1-9(2,3)12-8(10)11-7-4-5-13-6-7/h4-6H,1-3H3,(H3,10,11,12). The van der Waals surface area contributed by atoms with Gasteiger partial charge in [-0.15, -0.1) is 0 Å². The number of aliphatic imine (C=N–C) groups is 1. The minimum absolute atomic E-state index is 0.132. The molecule has 1 aromatic rings. The number of guanidine groups is 1. The fraction of sp³-hybridized carbons (Fsp3) is 0.444. The number of rotatable bonds is 1. The van der Waals surface area contributed by atoms with Crippen molar-refractivity contribution in [1.82, 2.24) is 0 Å². The Bertz CT molecular complexity index is 282. The van der Waals surface area contributed by atoms with Crippen molar-refractivity contribution in [3.63, 3.8) is 0 Å². The molecule has 1 rings (SSSR count). The number of hydrogen-bond acceptors (Lipinski definition) is 2. The van der Waals surface area contributed by atoms with Crippen LogP contribution in [0.1, 0.15) is 20.8 Å². The minimum atomic E-state index is -0.132. The van der Waals surface area contributed by atoms with Crippen LogP contribution in [0.15, 0.2) is 21.8 Å². The maximum atomic E-state index is 5.69. The average molecular weight is 197 g/mol. The SMILES string of the molecule is CC(C)(C)N=C(N)Nc1ccsc1. The quantitative estimate of drug-likeness (QED) is 0.536. The average Bonchev–Trinajstić information content (AvgIpc) is 2.34. The molecule has 4 heteroatoms. The zero-order valence-electron chi connectivity index (χ0n) is 8.16. The van der Waals surface area contributed by atoms with Crippen LogP contribution in [0.25, 0.3) is 0 Å². The van der Waals surface area contributed by atoms with E-state index >= 15 is 0 Å². The van der Waals surface area contributed by atoms with Crippen molar-refractivity contribution >= 4 is 23.0 Å². The zero-order valence-corrected chi connectivity index (χ0v) is 8.98. The van der Waals surface area contributed by atoms with Crippen LogP contribution >= 0.6 is 11.3 Å². The highest BCUT2D eigenvalue weighted by Crippen LogP contribution is 2.12. The molecule has 3 N–H and O–H groups in total. The summed E-state index contributed by atoms with van der Waals surface area (Å²) >= 11 is 1.63. The highest BCUT2D eigenvalue weighted by molar-refractivity contribution is 7.08. The van der Waals surface area contributed by atoms with Gasteiger partial charge in [0.15, 0.2) is 5.96 Å². The van der Waals surface area contributed by atoms with E-state index in [4.69, 9.17) is 5.73 Å². The first kappa shape index (κ1) is 10.1. The van der Waals surface area contributed by atoms with Crippen molar-refractivity contribution in [3.05, 3.63) is 16.8 Å². The molecule has 0 amide bonds. The largest absolute Gasteiger partial charge is 0.370 e.